The molecule has 0 amide bonds. The van der Waals surface area contributed by atoms with E-state index in [1.165, 1.54) is 21.5 Å². The van der Waals surface area contributed by atoms with Crippen molar-refractivity contribution < 1.29 is 0 Å². The van der Waals surface area contributed by atoms with Crippen LogP contribution in [0.15, 0.2) is 279 Å². The first-order chi connectivity index (χ1) is 43.5. The molecule has 6 heteroatoms. The molecule has 6 nitrogen and oxygen atoms in total. The summed E-state index contributed by atoms with van der Waals surface area (Å²) in [5.74, 6) is 1.58. The molecule has 0 N–H and O–H groups in total. The first kappa shape index (κ1) is 48.7. The summed E-state index contributed by atoms with van der Waals surface area (Å²) in [5.41, 5.74) is 16.6. The molecule has 13 aromatic carbocycles. The average molecular weight is 1120 g/mol. The maximum Gasteiger partial charge on any atom is 0.165 e. The van der Waals surface area contributed by atoms with E-state index in [2.05, 4.69) is 311 Å². The van der Waals surface area contributed by atoms with Gasteiger partial charge in [0.2, 0.25) is 0 Å². The molecule has 0 radical (unpaired) electrons. The summed E-state index contributed by atoms with van der Waals surface area (Å²) in [4.78, 5) is 11.7. The third kappa shape index (κ3) is 6.99. The highest BCUT2D eigenvalue weighted by atomic mass is 15.2. The Hall–Kier alpha value is -11.6. The third-order valence-corrected chi connectivity index (χ3v) is 18.7. The molecule has 6 aromatic heterocycles. The van der Waals surface area contributed by atoms with Crippen molar-refractivity contribution in [3.05, 3.63) is 290 Å². The smallest absolute Gasteiger partial charge is 0.165 e. The minimum Gasteiger partial charge on any atom is -0.305 e. The van der Waals surface area contributed by atoms with Gasteiger partial charge >= 0.3 is 0 Å². The van der Waals surface area contributed by atoms with Crippen LogP contribution < -0.4 is 0 Å². The second-order valence-corrected chi connectivity index (χ2v) is 23.8. The zero-order valence-corrected chi connectivity index (χ0v) is 48.2. The highest BCUT2D eigenvalue weighted by Crippen LogP contribution is 2.52. The van der Waals surface area contributed by atoms with E-state index in [-0.39, 0.29) is 0 Å². The summed E-state index contributed by atoms with van der Waals surface area (Å²) in [5, 5.41) is 18.6. The number of aromatic nitrogens is 6. The SMILES string of the molecule is Cc1cc(-c2ccccc2-c2c(-n3c4ccccc4c4cc5ccccc5cc43)c(-n3c4ccccc4c4cc5ccccc5cc43)nc(-n3c4ccccc4c4cc5ccccc5cc43)c2-n2c3ccccc3c3cc4ccccc4cc32)cc(C)n1. The lowest BCUT2D eigenvalue weighted by molar-refractivity contribution is 0.962. The van der Waals surface area contributed by atoms with Gasteiger partial charge in [0, 0.05) is 60.0 Å². The zero-order chi connectivity index (χ0) is 57.9. The Balaban J connectivity index is 1.15. The lowest BCUT2D eigenvalue weighted by Gasteiger charge is -2.28. The van der Waals surface area contributed by atoms with Gasteiger partial charge in [-0.25, -0.2) is 4.98 Å². The first-order valence-electron chi connectivity index (χ1n) is 30.3. The van der Waals surface area contributed by atoms with Gasteiger partial charge in [-0.2, -0.15) is 0 Å². The first-order valence-corrected chi connectivity index (χ1v) is 30.3. The highest BCUT2D eigenvalue weighted by Gasteiger charge is 2.34. The maximum absolute atomic E-state index is 6.67. The molecule has 410 valence electrons. The van der Waals surface area contributed by atoms with E-state index in [1.54, 1.807) is 0 Å². The molecule has 0 bridgehead atoms. The van der Waals surface area contributed by atoms with Crippen molar-refractivity contribution in [1.29, 1.82) is 0 Å². The number of pyridine rings is 2. The quantitative estimate of drug-likeness (QED) is 0.167. The molecule has 19 rings (SSSR count). The van der Waals surface area contributed by atoms with Crippen LogP contribution in [-0.4, -0.2) is 28.2 Å². The van der Waals surface area contributed by atoms with Crippen LogP contribution in [0.3, 0.4) is 0 Å². The van der Waals surface area contributed by atoms with Crippen LogP contribution in [0.2, 0.25) is 0 Å². The normalized spacial score (nSPS) is 12.2. The Labute approximate surface area is 505 Å². The Morgan fingerprint density at radius 3 is 0.852 bits per heavy atom. The highest BCUT2D eigenvalue weighted by molar-refractivity contribution is 6.20. The number of nitrogens with zero attached hydrogens (tertiary/aromatic N) is 6. The average Bonchev–Trinajstić information content (AvgIpc) is 1.48. The van der Waals surface area contributed by atoms with E-state index in [9.17, 15) is 0 Å². The van der Waals surface area contributed by atoms with Crippen LogP contribution in [0.4, 0.5) is 0 Å². The molecule has 0 spiro atoms. The van der Waals surface area contributed by atoms with Crippen molar-refractivity contribution in [2.45, 2.75) is 13.8 Å². The van der Waals surface area contributed by atoms with Crippen molar-refractivity contribution >= 4 is 130 Å². The second-order valence-electron chi connectivity index (χ2n) is 23.8. The topological polar surface area (TPSA) is 45.5 Å². The predicted molar refractivity (Wildman–Crippen MR) is 370 cm³/mol. The number of benzene rings is 13. The van der Waals surface area contributed by atoms with Crippen LogP contribution in [0.5, 0.6) is 0 Å². The Bertz CT molecular complexity index is 5870. The van der Waals surface area contributed by atoms with Crippen molar-refractivity contribution in [2.24, 2.45) is 0 Å². The lowest BCUT2D eigenvalue weighted by Crippen LogP contribution is -2.16. The molecule has 0 saturated carbocycles. The van der Waals surface area contributed by atoms with E-state index in [0.29, 0.717) is 0 Å². The van der Waals surface area contributed by atoms with Gasteiger partial charge in [0.05, 0.1) is 44.1 Å². The number of hydrogen-bond donors (Lipinski definition) is 0. The van der Waals surface area contributed by atoms with Gasteiger partial charge in [0.25, 0.3) is 0 Å². The van der Waals surface area contributed by atoms with Crippen molar-refractivity contribution in [3.63, 3.8) is 0 Å². The van der Waals surface area contributed by atoms with Crippen LogP contribution >= 0.6 is 0 Å². The number of rotatable bonds is 6. The molecular weight excluding hydrogens is 1070 g/mol. The Morgan fingerprint density at radius 2 is 0.500 bits per heavy atom. The lowest BCUT2D eigenvalue weighted by atomic mass is 9.91. The van der Waals surface area contributed by atoms with Gasteiger partial charge in [-0.05, 0) is 159 Å². The number of para-hydroxylation sites is 4. The van der Waals surface area contributed by atoms with Gasteiger partial charge in [-0.1, -0.05) is 194 Å². The molecule has 0 aliphatic carbocycles. The van der Waals surface area contributed by atoms with E-state index in [1.807, 2.05) is 0 Å². The Morgan fingerprint density at radius 1 is 0.227 bits per heavy atom. The van der Waals surface area contributed by atoms with Crippen molar-refractivity contribution in [2.75, 3.05) is 0 Å². The van der Waals surface area contributed by atoms with Crippen LogP contribution in [0, 0.1) is 13.8 Å². The molecule has 19 aromatic rings. The predicted octanol–water partition coefficient (Wildman–Crippen LogP) is 21.4. The summed E-state index contributed by atoms with van der Waals surface area (Å²) in [6.45, 7) is 4.22. The fraction of sp³-hybridized carbons (Fsp3) is 0.0244. The summed E-state index contributed by atoms with van der Waals surface area (Å²) >= 11 is 0. The van der Waals surface area contributed by atoms with Gasteiger partial charge < -0.3 is 9.13 Å². The van der Waals surface area contributed by atoms with Crippen LogP contribution in [0.25, 0.3) is 176 Å². The zero-order valence-electron chi connectivity index (χ0n) is 48.2. The van der Waals surface area contributed by atoms with Crippen LogP contribution in [-0.2, 0) is 0 Å². The molecule has 0 saturated heterocycles. The Kier molecular flexibility index (Phi) is 10.2. The molecule has 6 heterocycles. The molecule has 0 fully saturated rings. The number of aryl methyl sites for hydroxylation is 2. The van der Waals surface area contributed by atoms with E-state index in [4.69, 9.17) is 9.97 Å². The summed E-state index contributed by atoms with van der Waals surface area (Å²) in [6.07, 6.45) is 0. The molecule has 0 atom stereocenters. The standard InChI is InChI=1S/C82H52N6/c1-49-39-59(40-50(2)83-49)60-29-11-12-34-65(60)78-79(85-70-35-17-13-30-61(70)66-41-51-21-3-7-25-55(51)45-74(66)85)81(87-72-37-19-15-32-63(72)68-43-53-23-5-9-27-57(53)47-76(68)87)84-82(88-73-38-20-16-33-64(73)69-44-54-24-6-10-28-58(54)48-77(69)88)80(78)86-71-36-18-14-31-62(71)67-42-52-22-4-8-26-56(52)46-75(67)86/h3-48H,1-2H3. The molecule has 0 aliphatic rings. The maximum atomic E-state index is 6.67. The molecule has 88 heavy (non-hydrogen) atoms. The van der Waals surface area contributed by atoms with Gasteiger partial charge in [0.15, 0.2) is 11.6 Å². The van der Waals surface area contributed by atoms with Gasteiger partial charge in [-0.15, -0.1) is 0 Å². The van der Waals surface area contributed by atoms with E-state index >= 15 is 0 Å². The fourth-order valence-electron chi connectivity index (χ4n) is 15.0. The van der Waals surface area contributed by atoms with Crippen molar-refractivity contribution in [1.82, 2.24) is 28.2 Å². The number of fused-ring (bicyclic) bond motifs is 16. The summed E-state index contributed by atoms with van der Waals surface area (Å²) in [7, 11) is 0. The third-order valence-electron chi connectivity index (χ3n) is 18.7. The second kappa shape index (κ2) is 18.5. The largest absolute Gasteiger partial charge is 0.305 e. The van der Waals surface area contributed by atoms with Gasteiger partial charge in [-0.3, -0.25) is 14.1 Å². The number of hydrogen-bond acceptors (Lipinski definition) is 2. The summed E-state index contributed by atoms with van der Waals surface area (Å²) < 4.78 is 10.1. The summed E-state index contributed by atoms with van der Waals surface area (Å²) in [6, 6.07) is 104. The van der Waals surface area contributed by atoms with Crippen LogP contribution in [0.1, 0.15) is 11.4 Å². The molecular formula is C82H52N6. The minimum atomic E-state index is 0.792. The monoisotopic (exact) mass is 1120 g/mol. The van der Waals surface area contributed by atoms with Crippen molar-refractivity contribution in [3.8, 4) is 45.3 Å². The van der Waals surface area contributed by atoms with E-state index < -0.39 is 0 Å². The minimum absolute atomic E-state index is 0.792. The fourth-order valence-corrected chi connectivity index (χ4v) is 15.0. The molecule has 0 aliphatic heterocycles. The molecule has 0 unspecified atom stereocenters. The van der Waals surface area contributed by atoms with E-state index in [0.717, 1.165) is 165 Å². The van der Waals surface area contributed by atoms with Gasteiger partial charge in [0.1, 0.15) is 11.4 Å².